The van der Waals surface area contributed by atoms with E-state index in [4.69, 9.17) is 9.84 Å². The lowest BCUT2D eigenvalue weighted by Crippen LogP contribution is -2.09. The summed E-state index contributed by atoms with van der Waals surface area (Å²) in [5, 5.41) is 10.6. The molecular weight excluding hydrogens is 232 g/mol. The van der Waals surface area contributed by atoms with Crippen LogP contribution in [0.25, 0.3) is 0 Å². The van der Waals surface area contributed by atoms with E-state index >= 15 is 0 Å². The maximum absolute atomic E-state index is 8.59. The van der Waals surface area contributed by atoms with Gasteiger partial charge in [0.2, 0.25) is 0 Å². The van der Waals surface area contributed by atoms with Gasteiger partial charge in [0.25, 0.3) is 0 Å². The zero-order valence-electron chi connectivity index (χ0n) is 10.7. The molecule has 0 aromatic carbocycles. The molecule has 0 aliphatic carbocycles. The highest BCUT2D eigenvalue weighted by atomic mass is 32.1. The molecule has 2 nitrogen and oxygen atoms in total. The monoisotopic (exact) mass is 252 g/mol. The predicted molar refractivity (Wildman–Crippen MR) is 72.0 cm³/mol. The number of aliphatic hydroxyl groups is 1. The number of ether oxygens (including phenoxy) is 1. The zero-order valence-corrected chi connectivity index (χ0v) is 11.6. The van der Waals surface area contributed by atoms with Gasteiger partial charge in [-0.15, -0.1) is 11.3 Å². The second-order valence-electron chi connectivity index (χ2n) is 5.12. The normalized spacial score (nSPS) is 11.1. The summed E-state index contributed by atoms with van der Waals surface area (Å²) in [6, 6.07) is 2.02. The summed E-state index contributed by atoms with van der Waals surface area (Å²) in [5.74, 6) is 5.52. The molecule has 0 amide bonds. The average molecular weight is 252 g/mol. The largest absolute Gasteiger partial charge is 0.384 e. The van der Waals surface area contributed by atoms with Gasteiger partial charge in [0, 0.05) is 22.4 Å². The van der Waals surface area contributed by atoms with Gasteiger partial charge in [-0.05, 0) is 17.9 Å². The summed E-state index contributed by atoms with van der Waals surface area (Å²) in [6.07, 6.45) is 1.07. The lowest BCUT2D eigenvalue weighted by atomic mass is 9.93. The Labute approximate surface area is 108 Å². The SMILES string of the molecule is CC(C)(C)CCOCc1cc(C#CCO)cs1. The van der Waals surface area contributed by atoms with Crippen LogP contribution in [0.3, 0.4) is 0 Å². The third-order valence-corrected chi connectivity index (χ3v) is 3.12. The Balaban J connectivity index is 2.30. The molecule has 17 heavy (non-hydrogen) atoms. The molecular formula is C14H20O2S. The molecule has 0 saturated carbocycles. The Morgan fingerprint density at radius 3 is 2.82 bits per heavy atom. The van der Waals surface area contributed by atoms with Crippen LogP contribution in [0, 0.1) is 17.3 Å². The summed E-state index contributed by atoms with van der Waals surface area (Å²) in [7, 11) is 0. The van der Waals surface area contributed by atoms with Crippen molar-refractivity contribution in [1.82, 2.24) is 0 Å². The van der Waals surface area contributed by atoms with Gasteiger partial charge in [-0.1, -0.05) is 32.6 Å². The second kappa shape index (κ2) is 6.80. The molecule has 3 heteroatoms. The predicted octanol–water partition coefficient (Wildman–Crippen LogP) is 3.04. The molecule has 0 atom stereocenters. The molecule has 0 saturated heterocycles. The van der Waals surface area contributed by atoms with Crippen molar-refractivity contribution in [2.75, 3.05) is 13.2 Å². The minimum atomic E-state index is -0.0900. The molecule has 1 N–H and O–H groups in total. The van der Waals surface area contributed by atoms with E-state index in [0.29, 0.717) is 12.0 Å². The fraction of sp³-hybridized carbons (Fsp3) is 0.571. The van der Waals surface area contributed by atoms with Crippen LogP contribution in [-0.4, -0.2) is 18.3 Å². The van der Waals surface area contributed by atoms with Crippen LogP contribution in [0.15, 0.2) is 11.4 Å². The smallest absolute Gasteiger partial charge is 0.104 e. The fourth-order valence-electron chi connectivity index (χ4n) is 1.21. The van der Waals surface area contributed by atoms with Crippen molar-refractivity contribution in [2.45, 2.75) is 33.8 Å². The van der Waals surface area contributed by atoms with E-state index in [-0.39, 0.29) is 6.61 Å². The quantitative estimate of drug-likeness (QED) is 0.659. The van der Waals surface area contributed by atoms with Gasteiger partial charge in [0.15, 0.2) is 0 Å². The van der Waals surface area contributed by atoms with Gasteiger partial charge < -0.3 is 9.84 Å². The molecule has 0 unspecified atom stereocenters. The van der Waals surface area contributed by atoms with E-state index in [2.05, 4.69) is 32.6 Å². The second-order valence-corrected chi connectivity index (χ2v) is 6.12. The van der Waals surface area contributed by atoms with Crippen molar-refractivity contribution in [1.29, 1.82) is 0 Å². The first-order chi connectivity index (χ1) is 8.01. The topological polar surface area (TPSA) is 29.5 Å². The molecule has 0 bridgehead atoms. The standard InChI is InChI=1S/C14H20O2S/c1-14(2,3)6-8-16-10-13-9-12(11-17-13)5-4-7-15/h9,11,15H,6-8,10H2,1-3H3. The van der Waals surface area contributed by atoms with E-state index in [1.54, 1.807) is 11.3 Å². The Hall–Kier alpha value is -0.820. The number of thiophene rings is 1. The molecule has 1 aromatic heterocycles. The first-order valence-corrected chi connectivity index (χ1v) is 6.64. The molecule has 0 fully saturated rings. The van der Waals surface area contributed by atoms with Gasteiger partial charge in [-0.2, -0.15) is 0 Å². The third kappa shape index (κ3) is 6.48. The molecule has 0 aliphatic rings. The van der Waals surface area contributed by atoms with Crippen molar-refractivity contribution >= 4 is 11.3 Å². The van der Waals surface area contributed by atoms with Crippen molar-refractivity contribution in [3.05, 3.63) is 21.9 Å². The van der Waals surface area contributed by atoms with Crippen LogP contribution in [0.2, 0.25) is 0 Å². The van der Waals surface area contributed by atoms with Crippen LogP contribution in [0.4, 0.5) is 0 Å². The first-order valence-electron chi connectivity index (χ1n) is 5.76. The summed E-state index contributed by atoms with van der Waals surface area (Å²) in [4.78, 5) is 1.18. The Kier molecular flexibility index (Phi) is 5.70. The van der Waals surface area contributed by atoms with Crippen molar-refractivity contribution < 1.29 is 9.84 Å². The molecule has 1 rings (SSSR count). The molecule has 0 spiro atoms. The summed E-state index contributed by atoms with van der Waals surface area (Å²) in [6.45, 7) is 7.99. The third-order valence-electron chi connectivity index (χ3n) is 2.21. The van der Waals surface area contributed by atoms with Gasteiger partial charge in [-0.25, -0.2) is 0 Å². The van der Waals surface area contributed by atoms with Gasteiger partial charge in [0.05, 0.1) is 6.61 Å². The number of aliphatic hydroxyl groups excluding tert-OH is 1. The van der Waals surface area contributed by atoms with E-state index < -0.39 is 0 Å². The van der Waals surface area contributed by atoms with Crippen LogP contribution in [0.1, 0.15) is 37.6 Å². The maximum atomic E-state index is 8.59. The van der Waals surface area contributed by atoms with E-state index in [1.165, 1.54) is 4.88 Å². The van der Waals surface area contributed by atoms with Gasteiger partial charge in [-0.3, -0.25) is 0 Å². The molecule has 1 aromatic rings. The lowest BCUT2D eigenvalue weighted by molar-refractivity contribution is 0.0980. The van der Waals surface area contributed by atoms with Crippen LogP contribution in [-0.2, 0) is 11.3 Å². The van der Waals surface area contributed by atoms with E-state index in [9.17, 15) is 0 Å². The molecule has 1 heterocycles. The van der Waals surface area contributed by atoms with E-state index in [0.717, 1.165) is 18.6 Å². The maximum Gasteiger partial charge on any atom is 0.104 e. The Morgan fingerprint density at radius 2 is 2.18 bits per heavy atom. The molecule has 0 aliphatic heterocycles. The fourth-order valence-corrected chi connectivity index (χ4v) is 1.97. The zero-order chi connectivity index (χ0) is 12.7. The lowest BCUT2D eigenvalue weighted by Gasteiger charge is -2.17. The highest BCUT2D eigenvalue weighted by Crippen LogP contribution is 2.19. The highest BCUT2D eigenvalue weighted by molar-refractivity contribution is 7.10. The summed E-state index contributed by atoms with van der Waals surface area (Å²) < 4.78 is 5.63. The summed E-state index contributed by atoms with van der Waals surface area (Å²) >= 11 is 1.65. The molecule has 0 radical (unpaired) electrons. The summed E-state index contributed by atoms with van der Waals surface area (Å²) in [5.41, 5.74) is 1.28. The van der Waals surface area contributed by atoms with Crippen LogP contribution >= 0.6 is 11.3 Å². The Bertz CT molecular complexity index is 390. The van der Waals surface area contributed by atoms with Crippen molar-refractivity contribution in [3.63, 3.8) is 0 Å². The van der Waals surface area contributed by atoms with Crippen LogP contribution in [0.5, 0.6) is 0 Å². The number of hydrogen-bond acceptors (Lipinski definition) is 3. The van der Waals surface area contributed by atoms with Crippen molar-refractivity contribution in [3.8, 4) is 11.8 Å². The van der Waals surface area contributed by atoms with Crippen molar-refractivity contribution in [2.24, 2.45) is 5.41 Å². The van der Waals surface area contributed by atoms with Crippen LogP contribution < -0.4 is 0 Å². The molecule has 94 valence electrons. The minimum absolute atomic E-state index is 0.0900. The van der Waals surface area contributed by atoms with Gasteiger partial charge in [0.1, 0.15) is 6.61 Å². The Morgan fingerprint density at radius 1 is 1.41 bits per heavy atom. The number of hydrogen-bond donors (Lipinski definition) is 1. The number of rotatable bonds is 4. The highest BCUT2D eigenvalue weighted by Gasteiger charge is 2.09. The van der Waals surface area contributed by atoms with Gasteiger partial charge >= 0.3 is 0 Å². The first kappa shape index (κ1) is 14.2. The van der Waals surface area contributed by atoms with E-state index in [1.807, 2.05) is 11.4 Å². The minimum Gasteiger partial charge on any atom is -0.384 e. The average Bonchev–Trinajstić information content (AvgIpc) is 2.68.